The molecule has 0 saturated heterocycles. The third-order valence-corrected chi connectivity index (χ3v) is 3.35. The van der Waals surface area contributed by atoms with Crippen LogP contribution in [0.1, 0.15) is 6.42 Å². The summed E-state index contributed by atoms with van der Waals surface area (Å²) in [4.78, 5) is 24.5. The largest absolute Gasteiger partial charge is 0.477 e. The molecule has 0 aromatic carbocycles. The Morgan fingerprint density at radius 2 is 2.29 bits per heavy atom. The van der Waals surface area contributed by atoms with Gasteiger partial charge in [-0.25, -0.2) is 4.79 Å². The normalized spacial score (nSPS) is 29.6. The average Bonchev–Trinajstić information content (AvgIpc) is 2.60. The summed E-state index contributed by atoms with van der Waals surface area (Å²) in [5, 5.41) is 9.15. The number of hydrogen-bond donors (Lipinski definition) is 1. The van der Waals surface area contributed by atoms with Crippen molar-refractivity contribution in [1.29, 1.82) is 0 Å². The minimum atomic E-state index is -1.05. The van der Waals surface area contributed by atoms with E-state index in [1.54, 1.807) is 12.2 Å². The van der Waals surface area contributed by atoms with Crippen molar-refractivity contribution in [3.05, 3.63) is 47.7 Å². The predicted octanol–water partition coefficient (Wildman–Crippen LogP) is 1.24. The molecule has 17 heavy (non-hydrogen) atoms. The molecule has 1 amide bonds. The topological polar surface area (TPSA) is 57.6 Å². The highest BCUT2D eigenvalue weighted by Crippen LogP contribution is 2.38. The Morgan fingerprint density at radius 3 is 3.06 bits per heavy atom. The van der Waals surface area contributed by atoms with E-state index >= 15 is 0 Å². The van der Waals surface area contributed by atoms with Gasteiger partial charge >= 0.3 is 5.97 Å². The number of carbonyl (C=O) groups is 2. The van der Waals surface area contributed by atoms with Crippen molar-refractivity contribution >= 4 is 11.9 Å². The van der Waals surface area contributed by atoms with E-state index in [4.69, 9.17) is 5.11 Å². The van der Waals surface area contributed by atoms with Gasteiger partial charge in [0.15, 0.2) is 0 Å². The molecule has 2 heterocycles. The lowest BCUT2D eigenvalue weighted by Gasteiger charge is -2.29. The van der Waals surface area contributed by atoms with Gasteiger partial charge in [0.2, 0.25) is 0 Å². The van der Waals surface area contributed by atoms with Crippen LogP contribution < -0.4 is 0 Å². The fourth-order valence-corrected chi connectivity index (χ4v) is 2.65. The Hall–Kier alpha value is -2.10. The van der Waals surface area contributed by atoms with Crippen LogP contribution in [0.2, 0.25) is 0 Å². The third kappa shape index (κ3) is 1.37. The summed E-state index contributed by atoms with van der Waals surface area (Å²) in [5.41, 5.74) is 1.18. The van der Waals surface area contributed by atoms with Gasteiger partial charge in [0.25, 0.3) is 5.91 Å². The van der Waals surface area contributed by atoms with E-state index in [0.717, 1.165) is 5.57 Å². The van der Waals surface area contributed by atoms with Gasteiger partial charge in [0, 0.05) is 5.92 Å². The Balaban J connectivity index is 2.13. The lowest BCUT2D eigenvalue weighted by atomic mass is 9.88. The summed E-state index contributed by atoms with van der Waals surface area (Å²) in [6, 6.07) is -0.145. The summed E-state index contributed by atoms with van der Waals surface area (Å²) in [6.07, 6.45) is 11.5. The van der Waals surface area contributed by atoms with Crippen molar-refractivity contribution in [2.45, 2.75) is 12.5 Å². The number of rotatable bonds is 1. The molecule has 0 saturated carbocycles. The molecular weight excluding hydrogens is 218 g/mol. The number of nitrogens with zero attached hydrogens (tertiary/aromatic N) is 1. The van der Waals surface area contributed by atoms with Crippen molar-refractivity contribution in [3.63, 3.8) is 0 Å². The quantitative estimate of drug-likeness (QED) is 0.736. The summed E-state index contributed by atoms with van der Waals surface area (Å²) >= 11 is 0. The fraction of sp³-hybridized carbons (Fsp3) is 0.231. The van der Waals surface area contributed by atoms with Crippen LogP contribution >= 0.6 is 0 Å². The van der Waals surface area contributed by atoms with Crippen molar-refractivity contribution in [3.8, 4) is 0 Å². The van der Waals surface area contributed by atoms with Crippen molar-refractivity contribution < 1.29 is 14.7 Å². The first-order chi connectivity index (χ1) is 8.18. The van der Waals surface area contributed by atoms with E-state index in [1.165, 1.54) is 11.0 Å². The lowest BCUT2D eigenvalue weighted by Crippen LogP contribution is -2.40. The van der Waals surface area contributed by atoms with Gasteiger partial charge in [-0.15, -0.1) is 0 Å². The molecule has 2 atom stereocenters. The van der Waals surface area contributed by atoms with Gasteiger partial charge in [-0.05, 0) is 24.1 Å². The van der Waals surface area contributed by atoms with E-state index in [2.05, 4.69) is 0 Å². The second kappa shape index (κ2) is 3.45. The van der Waals surface area contributed by atoms with Gasteiger partial charge in [-0.2, -0.15) is 0 Å². The lowest BCUT2D eigenvalue weighted by molar-refractivity contribution is -0.138. The number of carboxylic acid groups (broad SMARTS) is 1. The van der Waals surface area contributed by atoms with Crippen LogP contribution in [0.15, 0.2) is 47.7 Å². The zero-order valence-corrected chi connectivity index (χ0v) is 9.04. The number of hydrogen-bond acceptors (Lipinski definition) is 2. The first-order valence-corrected chi connectivity index (χ1v) is 5.50. The molecule has 86 valence electrons. The number of carbonyl (C=O) groups excluding carboxylic acids is 1. The highest BCUT2D eigenvalue weighted by molar-refractivity contribution is 5.99. The molecule has 2 unspecified atom stereocenters. The average molecular weight is 229 g/mol. The Bertz CT molecular complexity index is 525. The molecule has 0 aromatic heterocycles. The predicted molar refractivity (Wildman–Crippen MR) is 60.8 cm³/mol. The van der Waals surface area contributed by atoms with Gasteiger partial charge in [-0.1, -0.05) is 24.3 Å². The molecule has 0 radical (unpaired) electrons. The summed E-state index contributed by atoms with van der Waals surface area (Å²) in [7, 11) is 0. The third-order valence-electron chi connectivity index (χ3n) is 3.35. The van der Waals surface area contributed by atoms with E-state index in [9.17, 15) is 9.59 Å². The van der Waals surface area contributed by atoms with E-state index < -0.39 is 5.97 Å². The van der Waals surface area contributed by atoms with Gasteiger partial charge in [0.1, 0.15) is 5.70 Å². The molecular formula is C13H11NO3. The molecule has 0 bridgehead atoms. The van der Waals surface area contributed by atoms with Crippen LogP contribution in [0.5, 0.6) is 0 Å². The zero-order valence-electron chi connectivity index (χ0n) is 9.04. The van der Waals surface area contributed by atoms with Crippen LogP contribution in [0.25, 0.3) is 0 Å². The standard InChI is InChI=1S/C13H11NO3/c15-11-6-2-4-8-3-1-5-9-7-10(13(16)17)14(11)12(8)9/h1-3,5-7,9,12H,4H2,(H,16,17). The number of allylic oxidation sites excluding steroid dienone is 3. The van der Waals surface area contributed by atoms with E-state index in [-0.39, 0.29) is 23.6 Å². The number of amides is 1. The molecule has 2 aliphatic heterocycles. The van der Waals surface area contributed by atoms with E-state index in [0.29, 0.717) is 6.42 Å². The first-order valence-electron chi connectivity index (χ1n) is 5.50. The highest BCUT2D eigenvalue weighted by Gasteiger charge is 2.42. The van der Waals surface area contributed by atoms with Crippen LogP contribution in [0, 0.1) is 5.92 Å². The summed E-state index contributed by atoms with van der Waals surface area (Å²) < 4.78 is 0. The molecule has 3 aliphatic rings. The van der Waals surface area contributed by atoms with Gasteiger partial charge < -0.3 is 5.11 Å². The molecule has 0 fully saturated rings. The minimum absolute atomic E-state index is 0.00931. The van der Waals surface area contributed by atoms with Crippen LogP contribution in [0.4, 0.5) is 0 Å². The van der Waals surface area contributed by atoms with E-state index in [1.807, 2.05) is 18.2 Å². The van der Waals surface area contributed by atoms with Crippen molar-refractivity contribution in [1.82, 2.24) is 4.90 Å². The van der Waals surface area contributed by atoms with Gasteiger partial charge in [0.05, 0.1) is 6.04 Å². The first kappa shape index (κ1) is 10.1. The van der Waals surface area contributed by atoms with Crippen LogP contribution in [-0.4, -0.2) is 27.9 Å². The Labute approximate surface area is 98.2 Å². The Kier molecular flexibility index (Phi) is 2.04. The smallest absolute Gasteiger partial charge is 0.352 e. The summed E-state index contributed by atoms with van der Waals surface area (Å²) in [6.45, 7) is 0. The maximum atomic E-state index is 11.9. The van der Waals surface area contributed by atoms with Crippen LogP contribution in [-0.2, 0) is 9.59 Å². The molecule has 0 spiro atoms. The maximum absolute atomic E-state index is 11.9. The molecule has 1 N–H and O–H groups in total. The Morgan fingerprint density at radius 1 is 1.47 bits per heavy atom. The number of carboxylic acids is 1. The SMILES string of the molecule is O=C(O)C1=CC2C=CC=C3CC=CC(=O)N1C32. The molecule has 4 heteroatoms. The fourth-order valence-electron chi connectivity index (χ4n) is 2.65. The van der Waals surface area contributed by atoms with Crippen LogP contribution in [0.3, 0.4) is 0 Å². The highest BCUT2D eigenvalue weighted by atomic mass is 16.4. The molecule has 1 aliphatic carbocycles. The van der Waals surface area contributed by atoms with Crippen molar-refractivity contribution in [2.24, 2.45) is 5.92 Å². The molecule has 3 rings (SSSR count). The molecule has 4 nitrogen and oxygen atoms in total. The molecule has 0 aromatic rings. The van der Waals surface area contributed by atoms with Crippen molar-refractivity contribution in [2.75, 3.05) is 0 Å². The second-order valence-electron chi connectivity index (χ2n) is 4.32. The maximum Gasteiger partial charge on any atom is 0.352 e. The monoisotopic (exact) mass is 229 g/mol. The van der Waals surface area contributed by atoms with Gasteiger partial charge in [-0.3, -0.25) is 9.69 Å². The summed E-state index contributed by atoms with van der Waals surface area (Å²) in [5.74, 6) is -1.30. The second-order valence-corrected chi connectivity index (χ2v) is 4.32. The zero-order chi connectivity index (χ0) is 12.0. The number of aliphatic carboxylic acids is 1. The minimum Gasteiger partial charge on any atom is -0.477 e.